The third-order valence-corrected chi connectivity index (χ3v) is 5.81. The lowest BCUT2D eigenvalue weighted by Gasteiger charge is -2.17. The molecule has 0 saturated heterocycles. The second-order valence-electron chi connectivity index (χ2n) is 8.69. The minimum absolute atomic E-state index is 0.245. The Morgan fingerprint density at radius 1 is 0.727 bits per heavy atom. The number of ether oxygens (including phenoxy) is 1. The standard InChI is InChI=1S/C28H28N2O3/c1-16-7-9-22(20(5)12-16)25-26(29-23-15-17(2)8-10-24(23)33-6)28(32)30(27(25)31)21-13-18(3)11-19(4)14-21/h7-15,29H,1-6H3. The minimum atomic E-state index is -0.386. The molecule has 33 heavy (non-hydrogen) atoms. The van der Waals surface area contributed by atoms with Gasteiger partial charge in [0.25, 0.3) is 11.8 Å². The van der Waals surface area contributed by atoms with Crippen molar-refractivity contribution in [2.45, 2.75) is 34.6 Å². The van der Waals surface area contributed by atoms with E-state index in [1.165, 1.54) is 4.90 Å². The predicted octanol–water partition coefficient (Wildman–Crippen LogP) is 5.63. The lowest BCUT2D eigenvalue weighted by Crippen LogP contribution is -2.32. The fourth-order valence-corrected chi connectivity index (χ4v) is 4.36. The van der Waals surface area contributed by atoms with Crippen LogP contribution >= 0.6 is 0 Å². The molecule has 1 aliphatic heterocycles. The highest BCUT2D eigenvalue weighted by atomic mass is 16.5. The van der Waals surface area contributed by atoms with E-state index in [9.17, 15) is 9.59 Å². The Bertz CT molecular complexity index is 1300. The van der Waals surface area contributed by atoms with Gasteiger partial charge >= 0.3 is 0 Å². The molecule has 0 spiro atoms. The maximum Gasteiger partial charge on any atom is 0.282 e. The molecule has 0 atom stereocenters. The normalized spacial score (nSPS) is 13.7. The zero-order chi connectivity index (χ0) is 23.9. The second-order valence-corrected chi connectivity index (χ2v) is 8.69. The van der Waals surface area contributed by atoms with Gasteiger partial charge in [-0.3, -0.25) is 9.59 Å². The van der Waals surface area contributed by atoms with E-state index in [1.54, 1.807) is 7.11 Å². The van der Waals surface area contributed by atoms with E-state index >= 15 is 0 Å². The smallest absolute Gasteiger partial charge is 0.282 e. The van der Waals surface area contributed by atoms with E-state index in [0.717, 1.165) is 33.4 Å². The van der Waals surface area contributed by atoms with Gasteiger partial charge in [-0.05, 0) is 86.7 Å². The molecule has 3 aromatic rings. The van der Waals surface area contributed by atoms with Crippen LogP contribution < -0.4 is 15.0 Å². The summed E-state index contributed by atoms with van der Waals surface area (Å²) >= 11 is 0. The number of amides is 2. The molecule has 0 radical (unpaired) electrons. The van der Waals surface area contributed by atoms with Crippen LogP contribution in [0.4, 0.5) is 11.4 Å². The molecular formula is C28H28N2O3. The van der Waals surface area contributed by atoms with Gasteiger partial charge in [-0.25, -0.2) is 4.90 Å². The van der Waals surface area contributed by atoms with Crippen molar-refractivity contribution >= 4 is 28.8 Å². The largest absolute Gasteiger partial charge is 0.495 e. The van der Waals surface area contributed by atoms with Crippen molar-refractivity contribution in [2.75, 3.05) is 17.3 Å². The quantitative estimate of drug-likeness (QED) is 0.522. The molecule has 0 aromatic heterocycles. The number of methoxy groups -OCH3 is 1. The molecule has 0 saturated carbocycles. The number of hydrogen-bond donors (Lipinski definition) is 1. The highest BCUT2D eigenvalue weighted by molar-refractivity contribution is 6.46. The fourth-order valence-electron chi connectivity index (χ4n) is 4.36. The van der Waals surface area contributed by atoms with Crippen LogP contribution in [0.3, 0.4) is 0 Å². The molecule has 0 aliphatic carbocycles. The Hall–Kier alpha value is -3.86. The van der Waals surface area contributed by atoms with Crippen molar-refractivity contribution < 1.29 is 14.3 Å². The fraction of sp³-hybridized carbons (Fsp3) is 0.214. The number of nitrogens with zero attached hydrogens (tertiary/aromatic N) is 1. The summed E-state index contributed by atoms with van der Waals surface area (Å²) in [5.74, 6) is -0.132. The third-order valence-electron chi connectivity index (χ3n) is 5.81. The minimum Gasteiger partial charge on any atom is -0.495 e. The highest BCUT2D eigenvalue weighted by Crippen LogP contribution is 2.37. The van der Waals surface area contributed by atoms with Gasteiger partial charge in [0.05, 0.1) is 24.1 Å². The summed E-state index contributed by atoms with van der Waals surface area (Å²) in [6.45, 7) is 9.84. The average molecular weight is 441 g/mol. The molecule has 1 N–H and O–H groups in total. The Labute approximate surface area is 194 Å². The van der Waals surface area contributed by atoms with Gasteiger partial charge in [-0.15, -0.1) is 0 Å². The topological polar surface area (TPSA) is 58.6 Å². The maximum absolute atomic E-state index is 13.8. The molecule has 168 valence electrons. The Kier molecular flexibility index (Phi) is 5.81. The summed E-state index contributed by atoms with van der Waals surface area (Å²) in [5, 5.41) is 3.24. The van der Waals surface area contributed by atoms with Gasteiger partial charge in [0, 0.05) is 0 Å². The first kappa shape index (κ1) is 22.3. The summed E-state index contributed by atoms with van der Waals surface area (Å²) < 4.78 is 5.50. The SMILES string of the molecule is COc1ccc(C)cc1NC1=C(c2ccc(C)cc2C)C(=O)N(c2cc(C)cc(C)c2)C1=O. The van der Waals surface area contributed by atoms with E-state index in [4.69, 9.17) is 4.74 Å². The van der Waals surface area contributed by atoms with Crippen molar-refractivity contribution in [3.63, 3.8) is 0 Å². The lowest BCUT2D eigenvalue weighted by atomic mass is 9.97. The van der Waals surface area contributed by atoms with Gasteiger partial charge in [0.2, 0.25) is 0 Å². The van der Waals surface area contributed by atoms with Gasteiger partial charge in [0.1, 0.15) is 11.4 Å². The van der Waals surface area contributed by atoms with E-state index in [-0.39, 0.29) is 17.5 Å². The van der Waals surface area contributed by atoms with E-state index in [0.29, 0.717) is 22.7 Å². The van der Waals surface area contributed by atoms with E-state index in [1.807, 2.05) is 89.2 Å². The highest BCUT2D eigenvalue weighted by Gasteiger charge is 2.41. The summed E-state index contributed by atoms with van der Waals surface area (Å²) in [7, 11) is 1.58. The molecule has 2 amide bonds. The first-order valence-corrected chi connectivity index (χ1v) is 10.9. The molecule has 1 heterocycles. The number of imide groups is 1. The molecular weight excluding hydrogens is 412 g/mol. The molecule has 4 rings (SSSR count). The van der Waals surface area contributed by atoms with Gasteiger partial charge in [-0.1, -0.05) is 35.9 Å². The van der Waals surface area contributed by atoms with Crippen molar-refractivity contribution in [1.82, 2.24) is 0 Å². The number of benzene rings is 3. The van der Waals surface area contributed by atoms with E-state index < -0.39 is 0 Å². The Balaban J connectivity index is 1.91. The lowest BCUT2D eigenvalue weighted by molar-refractivity contribution is -0.120. The zero-order valence-corrected chi connectivity index (χ0v) is 19.9. The number of carbonyl (C=O) groups is 2. The predicted molar refractivity (Wildman–Crippen MR) is 133 cm³/mol. The first-order chi connectivity index (χ1) is 15.7. The van der Waals surface area contributed by atoms with Crippen molar-refractivity contribution in [3.8, 4) is 5.75 Å². The van der Waals surface area contributed by atoms with Crippen molar-refractivity contribution in [1.29, 1.82) is 0 Å². The van der Waals surface area contributed by atoms with Gasteiger partial charge < -0.3 is 10.1 Å². The van der Waals surface area contributed by atoms with Crippen LogP contribution in [0.2, 0.25) is 0 Å². The van der Waals surface area contributed by atoms with Crippen molar-refractivity contribution in [2.24, 2.45) is 0 Å². The monoisotopic (exact) mass is 440 g/mol. The Morgan fingerprint density at radius 2 is 1.36 bits per heavy atom. The van der Waals surface area contributed by atoms with Crippen LogP contribution in [0, 0.1) is 34.6 Å². The van der Waals surface area contributed by atoms with Crippen LogP contribution in [-0.2, 0) is 9.59 Å². The second kappa shape index (κ2) is 8.58. The zero-order valence-electron chi connectivity index (χ0n) is 19.9. The first-order valence-electron chi connectivity index (χ1n) is 10.9. The van der Waals surface area contributed by atoms with Gasteiger partial charge in [-0.2, -0.15) is 0 Å². The number of aryl methyl sites for hydroxylation is 5. The van der Waals surface area contributed by atoms with Crippen LogP contribution in [-0.4, -0.2) is 18.9 Å². The van der Waals surface area contributed by atoms with E-state index in [2.05, 4.69) is 5.32 Å². The number of nitrogens with one attached hydrogen (secondary N) is 1. The number of hydrogen-bond acceptors (Lipinski definition) is 4. The molecule has 1 aliphatic rings. The number of carbonyl (C=O) groups excluding carboxylic acids is 2. The van der Waals surface area contributed by atoms with Crippen LogP contribution in [0.1, 0.15) is 33.4 Å². The number of rotatable bonds is 5. The summed E-state index contributed by atoms with van der Waals surface area (Å²) in [6, 6.07) is 17.3. The summed E-state index contributed by atoms with van der Waals surface area (Å²) in [6.07, 6.45) is 0. The Morgan fingerprint density at radius 3 is 2.00 bits per heavy atom. The van der Waals surface area contributed by atoms with Crippen molar-refractivity contribution in [3.05, 3.63) is 93.7 Å². The van der Waals surface area contributed by atoms with Crippen LogP contribution in [0.25, 0.3) is 5.57 Å². The maximum atomic E-state index is 13.8. The number of anilines is 2. The molecule has 0 bridgehead atoms. The molecule has 5 nitrogen and oxygen atoms in total. The molecule has 3 aromatic carbocycles. The average Bonchev–Trinajstić information content (AvgIpc) is 2.97. The molecule has 0 fully saturated rings. The summed E-state index contributed by atoms with van der Waals surface area (Å²) in [5.41, 5.74) is 7.56. The third kappa shape index (κ3) is 4.14. The molecule has 0 unspecified atom stereocenters. The summed E-state index contributed by atoms with van der Waals surface area (Å²) in [4.78, 5) is 28.8. The van der Waals surface area contributed by atoms with Crippen LogP contribution in [0.5, 0.6) is 5.75 Å². The van der Waals surface area contributed by atoms with Crippen LogP contribution in [0.15, 0.2) is 60.3 Å². The van der Waals surface area contributed by atoms with Gasteiger partial charge in [0.15, 0.2) is 0 Å². The molecule has 5 heteroatoms.